The Balaban J connectivity index is 3.21. The molecule has 0 unspecified atom stereocenters. The Hall–Kier alpha value is 0.250. The van der Waals surface area contributed by atoms with Crippen LogP contribution in [0.4, 0.5) is 0 Å². The summed E-state index contributed by atoms with van der Waals surface area (Å²) in [5, 5.41) is 3.53. The lowest BCUT2D eigenvalue weighted by atomic mass is 9.97. The van der Waals surface area contributed by atoms with Gasteiger partial charge in [0.15, 0.2) is 0 Å². The molecule has 0 heterocycles. The van der Waals surface area contributed by atoms with Crippen molar-refractivity contribution in [2.24, 2.45) is 5.41 Å². The average Bonchev–Trinajstić information content (AvgIpc) is 1.59. The molecular weight excluding hydrogens is 146 g/mol. The predicted octanol–water partition coefficient (Wildman–Crippen LogP) is 2.25. The van der Waals surface area contributed by atoms with Crippen molar-refractivity contribution in [3.05, 3.63) is 0 Å². The maximum absolute atomic E-state index is 5.74. The Labute approximate surface area is 69.1 Å². The van der Waals surface area contributed by atoms with E-state index in [1.54, 1.807) is 0 Å². The highest BCUT2D eigenvalue weighted by Gasteiger charge is 2.08. The largest absolute Gasteiger partial charge is 0.315 e. The summed E-state index contributed by atoms with van der Waals surface area (Å²) >= 11 is 5.74. The van der Waals surface area contributed by atoms with Crippen molar-refractivity contribution in [1.29, 1.82) is 0 Å². The molecule has 10 heavy (non-hydrogen) atoms. The van der Waals surface area contributed by atoms with Gasteiger partial charge in [0, 0.05) is 18.5 Å². The third-order valence-electron chi connectivity index (χ3n) is 1.08. The first kappa shape index (κ1) is 10.2. The number of halogens is 1. The molecule has 0 saturated heterocycles. The highest BCUT2D eigenvalue weighted by atomic mass is 35.5. The van der Waals surface area contributed by atoms with Gasteiger partial charge in [0.05, 0.1) is 0 Å². The van der Waals surface area contributed by atoms with Crippen LogP contribution in [-0.4, -0.2) is 18.5 Å². The maximum atomic E-state index is 5.74. The van der Waals surface area contributed by atoms with E-state index in [2.05, 4.69) is 26.1 Å². The molecule has 0 aliphatic heterocycles. The zero-order chi connectivity index (χ0) is 8.20. The molecule has 0 fully saturated rings. The van der Waals surface area contributed by atoms with Crippen LogP contribution in [0.15, 0.2) is 0 Å². The van der Waals surface area contributed by atoms with Gasteiger partial charge in [-0.15, -0.1) is 11.6 Å². The highest BCUT2D eigenvalue weighted by Crippen LogP contribution is 2.10. The van der Waals surface area contributed by atoms with E-state index in [1.165, 1.54) is 0 Å². The van der Waals surface area contributed by atoms with Gasteiger partial charge in [-0.3, -0.25) is 0 Å². The maximum Gasteiger partial charge on any atom is 0.0432 e. The fourth-order valence-corrected chi connectivity index (χ4v) is 0.755. The van der Waals surface area contributed by atoms with Crippen LogP contribution in [0.5, 0.6) is 0 Å². The number of alkyl halides is 1. The summed E-state index contributed by atoms with van der Waals surface area (Å²) in [4.78, 5) is 0. The Morgan fingerprint density at radius 2 is 1.90 bits per heavy atom. The van der Waals surface area contributed by atoms with Gasteiger partial charge in [-0.1, -0.05) is 20.8 Å². The Bertz CT molecular complexity index is 83.7. The van der Waals surface area contributed by atoms with Crippen LogP contribution in [0.3, 0.4) is 0 Å². The summed E-state index contributed by atoms with van der Waals surface area (Å²) in [6.45, 7) is 10.6. The van der Waals surface area contributed by atoms with Gasteiger partial charge in [-0.25, -0.2) is 0 Å². The van der Waals surface area contributed by atoms with Gasteiger partial charge < -0.3 is 5.32 Å². The van der Waals surface area contributed by atoms with Crippen molar-refractivity contribution < 1.29 is 0 Å². The lowest BCUT2D eigenvalue weighted by Crippen LogP contribution is -2.30. The number of hydrogen-bond donors (Lipinski definition) is 1. The second kappa shape index (κ2) is 4.20. The molecule has 0 aromatic carbocycles. The normalized spacial score (nSPS) is 15.3. The molecule has 0 amide bonds. The van der Waals surface area contributed by atoms with E-state index in [9.17, 15) is 0 Å². The third kappa shape index (κ3) is 8.25. The van der Waals surface area contributed by atoms with E-state index < -0.39 is 0 Å². The molecule has 2 heteroatoms. The minimum Gasteiger partial charge on any atom is -0.315 e. The molecule has 0 aromatic heterocycles. The summed E-state index contributed by atoms with van der Waals surface area (Å²) in [5.41, 5.74) is 0.367. The fraction of sp³-hybridized carbons (Fsp3) is 1.00. The minimum absolute atomic E-state index is 0.238. The number of hydrogen-bond acceptors (Lipinski definition) is 1. The number of nitrogens with one attached hydrogen (secondary N) is 1. The highest BCUT2D eigenvalue weighted by molar-refractivity contribution is 6.20. The van der Waals surface area contributed by atoms with E-state index in [0.29, 0.717) is 5.41 Å². The lowest BCUT2D eigenvalue weighted by Gasteiger charge is -2.19. The van der Waals surface area contributed by atoms with Crippen LogP contribution in [0.2, 0.25) is 0 Å². The van der Waals surface area contributed by atoms with Crippen molar-refractivity contribution >= 4 is 11.6 Å². The molecule has 0 saturated carbocycles. The number of rotatable bonds is 3. The van der Waals surface area contributed by atoms with E-state index in [-0.39, 0.29) is 5.38 Å². The monoisotopic (exact) mass is 163 g/mol. The van der Waals surface area contributed by atoms with Crippen LogP contribution < -0.4 is 5.32 Å². The van der Waals surface area contributed by atoms with E-state index in [4.69, 9.17) is 11.6 Å². The summed E-state index contributed by atoms with van der Waals surface area (Å²) in [7, 11) is 0. The standard InChI is InChI=1S/C8H18ClN/c1-7(9)5-10-6-8(2,3)4/h7,10H,5-6H2,1-4H3/t7-/m0/s1. The molecular formula is C8H18ClN. The summed E-state index contributed by atoms with van der Waals surface area (Å²) in [6, 6.07) is 0. The van der Waals surface area contributed by atoms with Gasteiger partial charge in [0.25, 0.3) is 0 Å². The molecule has 0 bridgehead atoms. The summed E-state index contributed by atoms with van der Waals surface area (Å²) < 4.78 is 0. The van der Waals surface area contributed by atoms with Gasteiger partial charge in [-0.2, -0.15) is 0 Å². The molecule has 0 aliphatic rings. The van der Waals surface area contributed by atoms with Gasteiger partial charge >= 0.3 is 0 Å². The van der Waals surface area contributed by atoms with Crippen LogP contribution in [0.25, 0.3) is 0 Å². The second-order valence-electron chi connectivity index (χ2n) is 3.97. The molecule has 1 N–H and O–H groups in total. The van der Waals surface area contributed by atoms with Crippen LogP contribution in [0, 0.1) is 5.41 Å². The molecule has 1 nitrogen and oxygen atoms in total. The molecule has 0 radical (unpaired) electrons. The Morgan fingerprint density at radius 3 is 2.20 bits per heavy atom. The minimum atomic E-state index is 0.238. The van der Waals surface area contributed by atoms with Gasteiger partial charge in [0.1, 0.15) is 0 Å². The fourth-order valence-electron chi connectivity index (χ4n) is 0.646. The van der Waals surface area contributed by atoms with Gasteiger partial charge in [0.2, 0.25) is 0 Å². The van der Waals surface area contributed by atoms with Crippen molar-refractivity contribution in [2.75, 3.05) is 13.1 Å². The molecule has 62 valence electrons. The van der Waals surface area contributed by atoms with Crippen LogP contribution in [-0.2, 0) is 0 Å². The second-order valence-corrected chi connectivity index (χ2v) is 4.72. The van der Waals surface area contributed by atoms with Crippen molar-refractivity contribution in [1.82, 2.24) is 5.32 Å². The van der Waals surface area contributed by atoms with Crippen molar-refractivity contribution in [3.63, 3.8) is 0 Å². The smallest absolute Gasteiger partial charge is 0.0432 e. The molecule has 0 rings (SSSR count). The quantitative estimate of drug-likeness (QED) is 0.630. The average molecular weight is 164 g/mol. The van der Waals surface area contributed by atoms with E-state index in [1.807, 2.05) is 6.92 Å². The predicted molar refractivity (Wildman–Crippen MR) is 47.6 cm³/mol. The van der Waals surface area contributed by atoms with Crippen LogP contribution in [0.1, 0.15) is 27.7 Å². The first-order valence-electron chi connectivity index (χ1n) is 3.76. The molecule has 1 atom stereocenters. The first-order valence-corrected chi connectivity index (χ1v) is 4.20. The zero-order valence-corrected chi connectivity index (χ0v) is 8.13. The SMILES string of the molecule is C[C@H](Cl)CNCC(C)(C)C. The Morgan fingerprint density at radius 1 is 1.40 bits per heavy atom. The Kier molecular flexibility index (Phi) is 4.30. The van der Waals surface area contributed by atoms with Crippen LogP contribution >= 0.6 is 11.6 Å². The zero-order valence-electron chi connectivity index (χ0n) is 7.37. The molecule has 0 aliphatic carbocycles. The van der Waals surface area contributed by atoms with E-state index in [0.717, 1.165) is 13.1 Å². The summed E-state index contributed by atoms with van der Waals surface area (Å²) in [6.07, 6.45) is 0. The molecule has 0 spiro atoms. The van der Waals surface area contributed by atoms with Crippen molar-refractivity contribution in [3.8, 4) is 0 Å². The topological polar surface area (TPSA) is 12.0 Å². The third-order valence-corrected chi connectivity index (χ3v) is 1.24. The van der Waals surface area contributed by atoms with Crippen molar-refractivity contribution in [2.45, 2.75) is 33.1 Å². The molecule has 0 aromatic rings. The van der Waals surface area contributed by atoms with Gasteiger partial charge in [-0.05, 0) is 12.3 Å². The first-order chi connectivity index (χ1) is 4.42. The van der Waals surface area contributed by atoms with E-state index >= 15 is 0 Å². The summed E-state index contributed by atoms with van der Waals surface area (Å²) in [5.74, 6) is 0. The lowest BCUT2D eigenvalue weighted by molar-refractivity contribution is 0.381.